The number of hydrogen-bond donors (Lipinski definition) is 0. The number of carbonyl (C=O) groups excluding carboxylic acids is 2. The Hall–Kier alpha value is -1.32. The van der Waals surface area contributed by atoms with E-state index in [2.05, 4.69) is 13.8 Å². The van der Waals surface area contributed by atoms with Crippen LogP contribution in [0.1, 0.15) is 123 Å². The van der Waals surface area contributed by atoms with Gasteiger partial charge < -0.3 is 19.8 Å². The molecule has 168 valence electrons. The van der Waals surface area contributed by atoms with Crippen molar-refractivity contribution in [3.8, 4) is 0 Å². The molecular formula is C25H42O4-2. The first-order valence-corrected chi connectivity index (χ1v) is 12.0. The zero-order valence-corrected chi connectivity index (χ0v) is 18.8. The molecule has 0 aliphatic heterocycles. The highest BCUT2D eigenvalue weighted by Crippen LogP contribution is 2.48. The van der Waals surface area contributed by atoms with Crippen LogP contribution in [0.3, 0.4) is 0 Å². The van der Waals surface area contributed by atoms with E-state index in [4.69, 9.17) is 0 Å². The average molecular weight is 407 g/mol. The van der Waals surface area contributed by atoms with Gasteiger partial charge in [0.2, 0.25) is 0 Å². The van der Waals surface area contributed by atoms with Crippen molar-refractivity contribution in [2.75, 3.05) is 0 Å². The largest absolute Gasteiger partial charge is 0.550 e. The summed E-state index contributed by atoms with van der Waals surface area (Å²) in [5.74, 6) is -2.23. The fourth-order valence-corrected chi connectivity index (χ4v) is 4.75. The Kier molecular flexibility index (Phi) is 12.3. The lowest BCUT2D eigenvalue weighted by atomic mass is 9.62. The normalized spacial score (nSPS) is 23.9. The molecule has 0 aromatic rings. The van der Waals surface area contributed by atoms with Gasteiger partial charge in [-0.25, -0.2) is 0 Å². The first kappa shape index (κ1) is 25.7. The van der Waals surface area contributed by atoms with Crippen LogP contribution in [-0.4, -0.2) is 11.9 Å². The summed E-state index contributed by atoms with van der Waals surface area (Å²) < 4.78 is 0. The second-order valence-electron chi connectivity index (χ2n) is 9.18. The van der Waals surface area contributed by atoms with E-state index in [1.165, 1.54) is 44.9 Å². The summed E-state index contributed by atoms with van der Waals surface area (Å²) in [5.41, 5.74) is -2.23. The minimum Gasteiger partial charge on any atom is -0.550 e. The van der Waals surface area contributed by atoms with Crippen LogP contribution in [0.15, 0.2) is 12.2 Å². The molecule has 1 aliphatic rings. The summed E-state index contributed by atoms with van der Waals surface area (Å²) in [6.07, 6.45) is 19.2. The Labute approximate surface area is 178 Å². The second kappa shape index (κ2) is 13.8. The fraction of sp³-hybridized carbons (Fsp3) is 0.840. The molecular weight excluding hydrogens is 364 g/mol. The monoisotopic (exact) mass is 406 g/mol. The average Bonchev–Trinajstić information content (AvgIpc) is 2.70. The van der Waals surface area contributed by atoms with Gasteiger partial charge in [-0.2, -0.15) is 0 Å². The summed E-state index contributed by atoms with van der Waals surface area (Å²) in [6.45, 7) is 4.36. The number of carboxylic acids is 2. The number of allylic oxidation sites excluding steroid dienone is 1. The third-order valence-corrected chi connectivity index (χ3v) is 6.67. The molecule has 1 rings (SSSR count). The van der Waals surface area contributed by atoms with E-state index in [0.29, 0.717) is 19.3 Å². The molecule has 4 heteroatoms. The third-order valence-electron chi connectivity index (χ3n) is 6.67. The van der Waals surface area contributed by atoms with Crippen LogP contribution in [0.4, 0.5) is 0 Å². The van der Waals surface area contributed by atoms with Crippen LogP contribution in [0.2, 0.25) is 0 Å². The van der Waals surface area contributed by atoms with Gasteiger partial charge in [-0.3, -0.25) is 0 Å². The summed E-state index contributed by atoms with van der Waals surface area (Å²) in [6, 6.07) is 0. The van der Waals surface area contributed by atoms with Crippen LogP contribution in [0.5, 0.6) is 0 Å². The standard InChI is InChI=1S/C25H44O4/c1-3-5-7-9-11-13-15-18-25(23(28)29)20-16-19-24(21-25,22(26)27)17-14-12-10-8-6-4-2/h16,20H,3-15,17-19,21H2,1-2H3,(H,26,27)(H,28,29)/p-2. The maximum Gasteiger partial charge on any atom is 0.0514 e. The van der Waals surface area contributed by atoms with Gasteiger partial charge in [-0.1, -0.05) is 109 Å². The topological polar surface area (TPSA) is 80.3 Å². The number of unbranched alkanes of at least 4 members (excludes halogenated alkanes) is 11. The van der Waals surface area contributed by atoms with E-state index < -0.39 is 22.8 Å². The number of aliphatic carboxylic acids is 2. The first-order valence-electron chi connectivity index (χ1n) is 12.0. The lowest BCUT2D eigenvalue weighted by molar-refractivity contribution is -0.327. The molecule has 1 aliphatic carbocycles. The van der Waals surface area contributed by atoms with Crippen LogP contribution in [-0.2, 0) is 9.59 Å². The number of rotatable bonds is 17. The first-order chi connectivity index (χ1) is 13.9. The van der Waals surface area contributed by atoms with E-state index in [1.807, 2.05) is 0 Å². The molecule has 0 aromatic heterocycles. The Bertz CT molecular complexity index is 513. The SMILES string of the molecule is CCCCCCCCCC1(C(=O)[O-])C=CCC(CCCCCCCC)(C(=O)[O-])C1. The highest BCUT2D eigenvalue weighted by molar-refractivity contribution is 5.79. The molecule has 2 atom stereocenters. The van der Waals surface area contributed by atoms with E-state index in [9.17, 15) is 19.8 Å². The second-order valence-corrected chi connectivity index (χ2v) is 9.18. The molecule has 29 heavy (non-hydrogen) atoms. The quantitative estimate of drug-likeness (QED) is 0.259. The molecule has 0 N–H and O–H groups in total. The number of carboxylic acid groups (broad SMARTS) is 2. The molecule has 0 fully saturated rings. The molecule has 0 saturated carbocycles. The highest BCUT2D eigenvalue weighted by atomic mass is 16.4. The maximum atomic E-state index is 12.1. The minimum atomic E-state index is -1.16. The molecule has 0 spiro atoms. The predicted molar refractivity (Wildman–Crippen MR) is 114 cm³/mol. The smallest absolute Gasteiger partial charge is 0.0514 e. The van der Waals surface area contributed by atoms with Crippen LogP contribution < -0.4 is 10.2 Å². The van der Waals surface area contributed by atoms with Gasteiger partial charge in [-0.05, 0) is 25.7 Å². The van der Waals surface area contributed by atoms with E-state index in [0.717, 1.165) is 38.5 Å². The predicted octanol–water partition coefficient (Wildman–Crippen LogP) is 4.70. The summed E-state index contributed by atoms with van der Waals surface area (Å²) in [7, 11) is 0. The Balaban J connectivity index is 2.64. The zero-order chi connectivity index (χ0) is 21.6. The van der Waals surface area contributed by atoms with Gasteiger partial charge in [0.15, 0.2) is 0 Å². The van der Waals surface area contributed by atoms with Crippen molar-refractivity contribution in [3.63, 3.8) is 0 Å². The molecule has 0 bridgehead atoms. The van der Waals surface area contributed by atoms with E-state index in [1.54, 1.807) is 12.2 Å². The van der Waals surface area contributed by atoms with E-state index >= 15 is 0 Å². The minimum absolute atomic E-state index is 0.117. The van der Waals surface area contributed by atoms with Crippen molar-refractivity contribution in [3.05, 3.63) is 12.2 Å². The molecule has 0 radical (unpaired) electrons. The van der Waals surface area contributed by atoms with Gasteiger partial charge in [0.05, 0.1) is 5.97 Å². The lowest BCUT2D eigenvalue weighted by Crippen LogP contribution is -2.52. The third kappa shape index (κ3) is 8.52. The summed E-state index contributed by atoms with van der Waals surface area (Å²) in [5, 5.41) is 24.1. The molecule has 4 nitrogen and oxygen atoms in total. The highest BCUT2D eigenvalue weighted by Gasteiger charge is 2.43. The van der Waals surface area contributed by atoms with Gasteiger partial charge in [0.25, 0.3) is 0 Å². The van der Waals surface area contributed by atoms with Crippen molar-refractivity contribution < 1.29 is 19.8 Å². The molecule has 0 saturated heterocycles. The maximum absolute atomic E-state index is 12.1. The Morgan fingerprint density at radius 2 is 1.21 bits per heavy atom. The molecule has 2 unspecified atom stereocenters. The Morgan fingerprint density at radius 3 is 1.69 bits per heavy atom. The zero-order valence-electron chi connectivity index (χ0n) is 18.8. The number of carbonyl (C=O) groups is 2. The van der Waals surface area contributed by atoms with Crippen LogP contribution in [0, 0.1) is 10.8 Å². The van der Waals surface area contributed by atoms with E-state index in [-0.39, 0.29) is 6.42 Å². The van der Waals surface area contributed by atoms with Crippen molar-refractivity contribution in [1.29, 1.82) is 0 Å². The van der Waals surface area contributed by atoms with Crippen LogP contribution in [0.25, 0.3) is 0 Å². The van der Waals surface area contributed by atoms with Crippen LogP contribution >= 0.6 is 0 Å². The fourth-order valence-electron chi connectivity index (χ4n) is 4.75. The van der Waals surface area contributed by atoms with Crippen molar-refractivity contribution in [2.24, 2.45) is 10.8 Å². The molecule has 0 aromatic carbocycles. The Morgan fingerprint density at radius 1 is 0.724 bits per heavy atom. The van der Waals surface area contributed by atoms with Gasteiger partial charge in [0.1, 0.15) is 0 Å². The van der Waals surface area contributed by atoms with Crippen molar-refractivity contribution in [1.82, 2.24) is 0 Å². The van der Waals surface area contributed by atoms with Crippen molar-refractivity contribution >= 4 is 11.9 Å². The number of hydrogen-bond acceptors (Lipinski definition) is 4. The molecule has 0 heterocycles. The van der Waals surface area contributed by atoms with Gasteiger partial charge in [-0.15, -0.1) is 0 Å². The summed E-state index contributed by atoms with van der Waals surface area (Å²) >= 11 is 0. The molecule has 0 amide bonds. The van der Waals surface area contributed by atoms with Gasteiger partial charge in [0, 0.05) is 16.8 Å². The summed E-state index contributed by atoms with van der Waals surface area (Å²) in [4.78, 5) is 24.1. The van der Waals surface area contributed by atoms with Crippen molar-refractivity contribution in [2.45, 2.75) is 123 Å². The van der Waals surface area contributed by atoms with Gasteiger partial charge >= 0.3 is 0 Å². The lowest BCUT2D eigenvalue weighted by Gasteiger charge is -2.46.